The smallest absolute Gasteiger partial charge is 0.227 e. The third kappa shape index (κ3) is 5.33. The fourth-order valence-electron chi connectivity index (χ4n) is 3.28. The minimum atomic E-state index is 0.00955. The quantitative estimate of drug-likeness (QED) is 0.556. The number of thiazole rings is 1. The van der Waals surface area contributed by atoms with Crippen molar-refractivity contribution in [2.45, 2.75) is 39.0 Å². The van der Waals surface area contributed by atoms with Crippen molar-refractivity contribution in [2.24, 2.45) is 4.99 Å². The number of aromatic nitrogens is 1. The number of amides is 1. The number of carbonyl (C=O) groups is 1. The maximum absolute atomic E-state index is 11.9. The second kappa shape index (κ2) is 9.84. The van der Waals surface area contributed by atoms with Gasteiger partial charge in [-0.3, -0.25) is 9.79 Å². The van der Waals surface area contributed by atoms with E-state index in [2.05, 4.69) is 32.8 Å². The molecule has 0 spiro atoms. The van der Waals surface area contributed by atoms with E-state index < -0.39 is 0 Å². The lowest BCUT2D eigenvalue weighted by Gasteiger charge is -2.21. The van der Waals surface area contributed by atoms with E-state index in [0.717, 1.165) is 40.9 Å². The largest absolute Gasteiger partial charge is 0.375 e. The van der Waals surface area contributed by atoms with Gasteiger partial charge in [0.2, 0.25) is 5.91 Å². The zero-order chi connectivity index (χ0) is 20.8. The Hall–Kier alpha value is -2.45. The van der Waals surface area contributed by atoms with Crippen LogP contribution in [0.5, 0.6) is 0 Å². The van der Waals surface area contributed by atoms with Crippen molar-refractivity contribution in [1.29, 1.82) is 0 Å². The third-order valence-electron chi connectivity index (χ3n) is 5.02. The van der Waals surface area contributed by atoms with E-state index in [-0.39, 0.29) is 12.0 Å². The Morgan fingerprint density at radius 1 is 1.41 bits per heavy atom. The zero-order valence-electron chi connectivity index (χ0n) is 17.5. The summed E-state index contributed by atoms with van der Waals surface area (Å²) >= 11 is 1.61. The number of hydrogen-bond donors (Lipinski definition) is 1. The summed E-state index contributed by atoms with van der Waals surface area (Å²) in [5.74, 6) is 1.01. The Bertz CT molecular complexity index is 849. The lowest BCUT2D eigenvalue weighted by Crippen LogP contribution is -2.38. The average molecular weight is 416 g/mol. The van der Waals surface area contributed by atoms with Gasteiger partial charge in [0.05, 0.1) is 12.2 Å². The van der Waals surface area contributed by atoms with Gasteiger partial charge in [-0.2, -0.15) is 0 Å². The minimum absolute atomic E-state index is 0.00955. The van der Waals surface area contributed by atoms with Gasteiger partial charge in [0.1, 0.15) is 11.1 Å². The van der Waals surface area contributed by atoms with Gasteiger partial charge in [-0.1, -0.05) is 12.1 Å². The Balaban J connectivity index is 1.54. The number of methoxy groups -OCH3 is 1. The number of nitrogens with one attached hydrogen (secondary N) is 1. The molecule has 0 aliphatic carbocycles. The molecule has 7 nitrogen and oxygen atoms in total. The lowest BCUT2D eigenvalue weighted by molar-refractivity contribution is -0.117. The van der Waals surface area contributed by atoms with Crippen molar-refractivity contribution in [3.8, 4) is 0 Å². The molecule has 0 bridgehead atoms. The van der Waals surface area contributed by atoms with Gasteiger partial charge in [0.25, 0.3) is 0 Å². The molecule has 1 aliphatic rings. The van der Waals surface area contributed by atoms with Gasteiger partial charge in [-0.05, 0) is 31.0 Å². The van der Waals surface area contributed by atoms with Crippen molar-refractivity contribution in [1.82, 2.24) is 15.2 Å². The van der Waals surface area contributed by atoms with Gasteiger partial charge >= 0.3 is 0 Å². The van der Waals surface area contributed by atoms with Crippen LogP contribution in [0.1, 0.15) is 42.1 Å². The molecule has 1 atom stereocenters. The van der Waals surface area contributed by atoms with Gasteiger partial charge in [0.15, 0.2) is 5.96 Å². The van der Waals surface area contributed by atoms with Crippen molar-refractivity contribution < 1.29 is 9.53 Å². The Kier molecular flexibility index (Phi) is 7.22. The summed E-state index contributed by atoms with van der Waals surface area (Å²) in [6.07, 6.45) is 1.60. The Labute approximate surface area is 176 Å². The molecule has 1 saturated heterocycles. The molecular weight excluding hydrogens is 386 g/mol. The zero-order valence-corrected chi connectivity index (χ0v) is 18.3. The van der Waals surface area contributed by atoms with E-state index in [1.54, 1.807) is 25.5 Å². The van der Waals surface area contributed by atoms with Crippen molar-refractivity contribution in [2.75, 3.05) is 32.6 Å². The molecule has 156 valence electrons. The number of nitrogens with zero attached hydrogens (tertiary/aromatic N) is 4. The summed E-state index contributed by atoms with van der Waals surface area (Å²) < 4.78 is 5.33. The minimum Gasteiger partial charge on any atom is -0.375 e. The first-order chi connectivity index (χ1) is 14.0. The van der Waals surface area contributed by atoms with Gasteiger partial charge in [-0.15, -0.1) is 11.3 Å². The number of rotatable bonds is 7. The summed E-state index contributed by atoms with van der Waals surface area (Å²) in [7, 11) is 5.47. The average Bonchev–Trinajstić information content (AvgIpc) is 3.37. The predicted molar refractivity (Wildman–Crippen MR) is 117 cm³/mol. The maximum atomic E-state index is 11.9. The molecule has 1 aromatic heterocycles. The maximum Gasteiger partial charge on any atom is 0.227 e. The number of ether oxygens (including phenoxy) is 1. The molecule has 2 aromatic rings. The number of aliphatic imine (C=N–C) groups is 1. The standard InChI is InChI=1S/C21H29N5O2S/c1-15(28-4)20-24-17(14-29-20)13-25(3)21(22-2)23-12-16-7-9-18(10-8-16)26-11-5-6-19(26)27/h7-10,14-15H,5-6,11-13H2,1-4H3,(H,22,23). The molecule has 2 heterocycles. The van der Waals surface area contributed by atoms with Crippen molar-refractivity contribution in [3.63, 3.8) is 0 Å². The molecule has 0 radical (unpaired) electrons. The topological polar surface area (TPSA) is 70.1 Å². The molecule has 3 rings (SSSR count). The first-order valence-electron chi connectivity index (χ1n) is 9.80. The van der Waals surface area contributed by atoms with Crippen molar-refractivity contribution in [3.05, 3.63) is 45.9 Å². The van der Waals surface area contributed by atoms with Crippen LogP contribution in [0, 0.1) is 0 Å². The van der Waals surface area contributed by atoms with Crippen LogP contribution in [-0.4, -0.2) is 49.5 Å². The third-order valence-corrected chi connectivity index (χ3v) is 6.07. The van der Waals surface area contributed by atoms with E-state index in [4.69, 9.17) is 4.74 Å². The second-order valence-corrected chi connectivity index (χ2v) is 8.02. The van der Waals surface area contributed by atoms with Crippen LogP contribution < -0.4 is 10.2 Å². The summed E-state index contributed by atoms with van der Waals surface area (Å²) in [5.41, 5.74) is 3.11. The highest BCUT2D eigenvalue weighted by atomic mass is 32.1. The highest BCUT2D eigenvalue weighted by molar-refractivity contribution is 7.09. The van der Waals surface area contributed by atoms with Crippen molar-refractivity contribution >= 4 is 28.9 Å². The fraction of sp³-hybridized carbons (Fsp3) is 0.476. The van der Waals surface area contributed by atoms with Gasteiger partial charge < -0.3 is 19.9 Å². The van der Waals surface area contributed by atoms with E-state index in [9.17, 15) is 4.79 Å². The summed E-state index contributed by atoms with van der Waals surface area (Å²) in [6, 6.07) is 8.14. The monoisotopic (exact) mass is 415 g/mol. The molecule has 29 heavy (non-hydrogen) atoms. The molecule has 1 N–H and O–H groups in total. The number of benzene rings is 1. The number of carbonyl (C=O) groups excluding carboxylic acids is 1. The Morgan fingerprint density at radius 2 is 2.17 bits per heavy atom. The molecule has 1 amide bonds. The fourth-order valence-corrected chi connectivity index (χ4v) is 4.12. The molecule has 1 aromatic carbocycles. The van der Waals surface area contributed by atoms with Crippen LogP contribution in [0.15, 0.2) is 34.6 Å². The Morgan fingerprint density at radius 3 is 2.79 bits per heavy atom. The van der Waals surface area contributed by atoms with Crippen LogP contribution in [0.25, 0.3) is 0 Å². The number of anilines is 1. The van der Waals surface area contributed by atoms with Crippen LogP contribution in [0.2, 0.25) is 0 Å². The first-order valence-corrected chi connectivity index (χ1v) is 10.7. The van der Waals surface area contributed by atoms with Crippen LogP contribution in [0.4, 0.5) is 5.69 Å². The van der Waals surface area contributed by atoms with E-state index >= 15 is 0 Å². The molecule has 1 aliphatic heterocycles. The molecule has 8 heteroatoms. The van der Waals surface area contributed by atoms with Crippen LogP contribution in [-0.2, 0) is 22.6 Å². The van der Waals surface area contributed by atoms with Gasteiger partial charge in [-0.25, -0.2) is 4.98 Å². The molecular formula is C21H29N5O2S. The van der Waals surface area contributed by atoms with Crippen LogP contribution >= 0.6 is 11.3 Å². The lowest BCUT2D eigenvalue weighted by atomic mass is 10.2. The normalized spacial score (nSPS) is 15.7. The summed E-state index contributed by atoms with van der Waals surface area (Å²) in [4.78, 5) is 24.8. The molecule has 1 unspecified atom stereocenters. The first kappa shape index (κ1) is 21.3. The molecule has 1 fully saturated rings. The summed E-state index contributed by atoms with van der Waals surface area (Å²) in [5, 5.41) is 6.43. The van der Waals surface area contributed by atoms with Gasteiger partial charge in [0, 0.05) is 51.8 Å². The number of guanidine groups is 1. The molecule has 0 saturated carbocycles. The predicted octanol–water partition coefficient (Wildman–Crippen LogP) is 3.18. The van der Waals surface area contributed by atoms with Crippen LogP contribution in [0.3, 0.4) is 0 Å². The second-order valence-electron chi connectivity index (χ2n) is 7.13. The summed E-state index contributed by atoms with van der Waals surface area (Å²) in [6.45, 7) is 4.14. The number of hydrogen-bond acceptors (Lipinski definition) is 5. The SMILES string of the molecule is CN=C(NCc1ccc(N2CCCC2=O)cc1)N(C)Cc1csc(C(C)OC)n1. The highest BCUT2D eigenvalue weighted by Crippen LogP contribution is 2.22. The van der Waals surface area contributed by atoms with E-state index in [1.807, 2.05) is 35.9 Å². The highest BCUT2D eigenvalue weighted by Gasteiger charge is 2.21. The van der Waals surface area contributed by atoms with E-state index in [0.29, 0.717) is 19.5 Å². The van der Waals surface area contributed by atoms with E-state index in [1.165, 1.54) is 0 Å².